The summed E-state index contributed by atoms with van der Waals surface area (Å²) < 4.78 is 5.47. The molecule has 0 aromatic rings. The fourth-order valence-corrected chi connectivity index (χ4v) is 3.16. The zero-order chi connectivity index (χ0) is 12.3. The van der Waals surface area contributed by atoms with Gasteiger partial charge in [-0.2, -0.15) is 0 Å². The molecule has 2 aliphatic heterocycles. The van der Waals surface area contributed by atoms with Crippen LogP contribution in [0.5, 0.6) is 0 Å². The molecule has 1 N–H and O–H groups in total. The Kier molecular flexibility index (Phi) is 4.83. The molecule has 0 aromatic heterocycles. The van der Waals surface area contributed by atoms with E-state index in [1.165, 1.54) is 32.4 Å². The van der Waals surface area contributed by atoms with Crippen molar-refractivity contribution in [3.8, 4) is 0 Å². The summed E-state index contributed by atoms with van der Waals surface area (Å²) >= 11 is 0. The summed E-state index contributed by atoms with van der Waals surface area (Å²) in [6, 6.07) is 1.26. The van der Waals surface area contributed by atoms with Crippen molar-refractivity contribution >= 4 is 0 Å². The zero-order valence-corrected chi connectivity index (χ0v) is 11.6. The molecule has 0 aromatic carbocycles. The lowest BCUT2D eigenvalue weighted by Crippen LogP contribution is -2.46. The Morgan fingerprint density at radius 3 is 2.29 bits per heavy atom. The first-order chi connectivity index (χ1) is 8.16. The van der Waals surface area contributed by atoms with Gasteiger partial charge in [0.25, 0.3) is 0 Å². The van der Waals surface area contributed by atoms with Crippen LogP contribution in [0.15, 0.2) is 0 Å². The van der Waals surface area contributed by atoms with E-state index in [1.54, 1.807) is 0 Å². The Hall–Kier alpha value is -0.120. The van der Waals surface area contributed by atoms with E-state index in [2.05, 4.69) is 31.1 Å². The summed E-state index contributed by atoms with van der Waals surface area (Å²) in [6.45, 7) is 9.12. The van der Waals surface area contributed by atoms with Gasteiger partial charge in [0.05, 0.1) is 6.61 Å². The van der Waals surface area contributed by atoms with Gasteiger partial charge >= 0.3 is 0 Å². The molecular formula is C14H28N2O. The molecule has 3 nitrogen and oxygen atoms in total. The van der Waals surface area contributed by atoms with Crippen molar-refractivity contribution in [3.63, 3.8) is 0 Å². The first-order valence-electron chi connectivity index (χ1n) is 7.19. The van der Waals surface area contributed by atoms with E-state index in [-0.39, 0.29) is 0 Å². The van der Waals surface area contributed by atoms with E-state index < -0.39 is 0 Å². The van der Waals surface area contributed by atoms with Gasteiger partial charge in [-0.25, -0.2) is 0 Å². The van der Waals surface area contributed by atoms with Crippen LogP contribution in [-0.4, -0.2) is 50.3 Å². The van der Waals surface area contributed by atoms with Crippen molar-refractivity contribution < 1.29 is 4.74 Å². The van der Waals surface area contributed by atoms with Gasteiger partial charge in [0.15, 0.2) is 0 Å². The van der Waals surface area contributed by atoms with Crippen molar-refractivity contribution in [2.45, 2.75) is 45.2 Å². The van der Waals surface area contributed by atoms with Crippen LogP contribution in [0.3, 0.4) is 0 Å². The van der Waals surface area contributed by atoms with Gasteiger partial charge in [-0.05, 0) is 65.1 Å². The standard InChI is InChI=1S/C14H28N2O/c1-11(13-4-7-16(3)8-5-13)15-12(2)14-6-9-17-10-14/h11-15H,4-10H2,1-3H3. The maximum absolute atomic E-state index is 5.47. The number of hydrogen-bond donors (Lipinski definition) is 1. The topological polar surface area (TPSA) is 24.5 Å². The Balaban J connectivity index is 1.73. The predicted molar refractivity (Wildman–Crippen MR) is 71.2 cm³/mol. The second kappa shape index (κ2) is 6.17. The number of likely N-dealkylation sites (tertiary alicyclic amines) is 1. The zero-order valence-electron chi connectivity index (χ0n) is 11.6. The Labute approximate surface area is 106 Å². The molecule has 0 aliphatic carbocycles. The highest BCUT2D eigenvalue weighted by atomic mass is 16.5. The van der Waals surface area contributed by atoms with Gasteiger partial charge in [0.2, 0.25) is 0 Å². The molecule has 0 bridgehead atoms. The molecule has 2 heterocycles. The van der Waals surface area contributed by atoms with Crippen molar-refractivity contribution in [1.29, 1.82) is 0 Å². The molecular weight excluding hydrogens is 212 g/mol. The molecule has 0 spiro atoms. The minimum absolute atomic E-state index is 0.604. The molecule has 2 fully saturated rings. The minimum Gasteiger partial charge on any atom is -0.381 e. The maximum atomic E-state index is 5.47. The third-order valence-electron chi connectivity index (χ3n) is 4.67. The van der Waals surface area contributed by atoms with Crippen LogP contribution >= 0.6 is 0 Å². The van der Waals surface area contributed by atoms with Gasteiger partial charge in [0.1, 0.15) is 0 Å². The minimum atomic E-state index is 0.604. The molecule has 17 heavy (non-hydrogen) atoms. The monoisotopic (exact) mass is 240 g/mol. The van der Waals surface area contributed by atoms with Gasteiger partial charge in [-0.15, -0.1) is 0 Å². The second-order valence-electron chi connectivity index (χ2n) is 6.01. The van der Waals surface area contributed by atoms with Crippen LogP contribution in [-0.2, 0) is 4.74 Å². The van der Waals surface area contributed by atoms with E-state index in [4.69, 9.17) is 4.74 Å². The third-order valence-corrected chi connectivity index (χ3v) is 4.67. The molecule has 2 aliphatic rings. The average molecular weight is 240 g/mol. The summed E-state index contributed by atoms with van der Waals surface area (Å²) in [5.41, 5.74) is 0. The number of nitrogens with zero attached hydrogens (tertiary/aromatic N) is 1. The Bertz CT molecular complexity index is 220. The molecule has 3 heteroatoms. The quantitative estimate of drug-likeness (QED) is 0.810. The fourth-order valence-electron chi connectivity index (χ4n) is 3.16. The number of ether oxygens (including phenoxy) is 1. The van der Waals surface area contributed by atoms with Crippen LogP contribution in [0.25, 0.3) is 0 Å². The number of hydrogen-bond acceptors (Lipinski definition) is 3. The van der Waals surface area contributed by atoms with E-state index in [0.29, 0.717) is 12.1 Å². The third kappa shape index (κ3) is 3.67. The summed E-state index contributed by atoms with van der Waals surface area (Å²) in [7, 11) is 2.23. The number of piperidine rings is 1. The van der Waals surface area contributed by atoms with Gasteiger partial charge < -0.3 is 15.0 Å². The van der Waals surface area contributed by atoms with Crippen molar-refractivity contribution in [2.75, 3.05) is 33.4 Å². The van der Waals surface area contributed by atoms with Crippen LogP contribution in [0, 0.1) is 11.8 Å². The maximum Gasteiger partial charge on any atom is 0.0509 e. The normalized spacial score (nSPS) is 31.6. The number of nitrogens with one attached hydrogen (secondary N) is 1. The van der Waals surface area contributed by atoms with Crippen molar-refractivity contribution in [1.82, 2.24) is 10.2 Å². The lowest BCUT2D eigenvalue weighted by Gasteiger charge is -2.35. The lowest BCUT2D eigenvalue weighted by atomic mass is 9.89. The van der Waals surface area contributed by atoms with Crippen LogP contribution in [0.2, 0.25) is 0 Å². The highest BCUT2D eigenvalue weighted by molar-refractivity contribution is 4.83. The second-order valence-corrected chi connectivity index (χ2v) is 6.01. The highest BCUT2D eigenvalue weighted by Gasteiger charge is 2.27. The summed E-state index contributed by atoms with van der Waals surface area (Å²) in [4.78, 5) is 2.44. The molecule has 2 rings (SSSR count). The van der Waals surface area contributed by atoms with Gasteiger partial charge in [0, 0.05) is 18.7 Å². The van der Waals surface area contributed by atoms with Crippen molar-refractivity contribution in [2.24, 2.45) is 11.8 Å². The molecule has 100 valence electrons. The van der Waals surface area contributed by atoms with Crippen LogP contribution in [0.1, 0.15) is 33.1 Å². The fraction of sp³-hybridized carbons (Fsp3) is 1.00. The largest absolute Gasteiger partial charge is 0.381 e. The molecule has 0 amide bonds. The summed E-state index contributed by atoms with van der Waals surface area (Å²) in [5, 5.41) is 3.81. The van der Waals surface area contributed by atoms with E-state index in [1.807, 2.05) is 0 Å². The van der Waals surface area contributed by atoms with Gasteiger partial charge in [-0.1, -0.05) is 0 Å². The van der Waals surface area contributed by atoms with Crippen LogP contribution in [0.4, 0.5) is 0 Å². The first-order valence-corrected chi connectivity index (χ1v) is 7.19. The molecule has 2 saturated heterocycles. The Morgan fingerprint density at radius 1 is 1.06 bits per heavy atom. The smallest absolute Gasteiger partial charge is 0.0509 e. The molecule has 3 unspecified atom stereocenters. The highest BCUT2D eigenvalue weighted by Crippen LogP contribution is 2.22. The van der Waals surface area contributed by atoms with Crippen molar-refractivity contribution in [3.05, 3.63) is 0 Å². The van der Waals surface area contributed by atoms with E-state index in [9.17, 15) is 0 Å². The average Bonchev–Trinajstić information content (AvgIpc) is 2.83. The molecule has 3 atom stereocenters. The Morgan fingerprint density at radius 2 is 1.71 bits per heavy atom. The van der Waals surface area contributed by atoms with Crippen LogP contribution < -0.4 is 5.32 Å². The van der Waals surface area contributed by atoms with E-state index >= 15 is 0 Å². The predicted octanol–water partition coefficient (Wildman–Crippen LogP) is 1.73. The number of rotatable bonds is 4. The SMILES string of the molecule is CC(NC(C)C1CCOC1)C1CCN(C)CC1. The molecule has 0 saturated carbocycles. The lowest BCUT2D eigenvalue weighted by molar-refractivity contribution is 0.161. The van der Waals surface area contributed by atoms with E-state index in [0.717, 1.165) is 25.0 Å². The summed E-state index contributed by atoms with van der Waals surface area (Å²) in [5.74, 6) is 1.58. The molecule has 0 radical (unpaired) electrons. The summed E-state index contributed by atoms with van der Waals surface area (Å²) in [6.07, 6.45) is 3.92. The van der Waals surface area contributed by atoms with Gasteiger partial charge in [-0.3, -0.25) is 0 Å². The first kappa shape index (κ1) is 13.3.